The van der Waals surface area contributed by atoms with Gasteiger partial charge in [-0.25, -0.2) is 0 Å². The molecule has 2 rings (SSSR count). The van der Waals surface area contributed by atoms with E-state index in [1.54, 1.807) is 6.08 Å². The maximum atomic E-state index is 11.0. The number of allylic oxidation sites excluding steroid dienone is 1. The average molecular weight is 262 g/mol. The van der Waals surface area contributed by atoms with E-state index in [4.69, 9.17) is 0 Å². The van der Waals surface area contributed by atoms with Crippen LogP contribution in [0.5, 0.6) is 0 Å². The fourth-order valence-corrected chi connectivity index (χ4v) is 1.75. The Bertz CT molecular complexity index is 596. The summed E-state index contributed by atoms with van der Waals surface area (Å²) >= 11 is 0. The number of anilines is 1. The SMILES string of the molecule is CC1C=CC=NN1c1ccc([N+](=O)[O-])cc1[N+](=O)[O-]. The molecule has 98 valence electrons. The van der Waals surface area contributed by atoms with Crippen molar-refractivity contribution in [3.05, 3.63) is 50.6 Å². The second-order valence-electron chi connectivity index (χ2n) is 3.92. The zero-order valence-corrected chi connectivity index (χ0v) is 9.96. The Kier molecular flexibility index (Phi) is 3.23. The Labute approximate surface area is 107 Å². The van der Waals surface area contributed by atoms with Gasteiger partial charge in [0.2, 0.25) is 0 Å². The molecule has 8 heteroatoms. The van der Waals surface area contributed by atoms with Gasteiger partial charge in [-0.2, -0.15) is 5.10 Å². The number of hydrazone groups is 1. The molecule has 1 unspecified atom stereocenters. The van der Waals surface area contributed by atoms with Crippen LogP contribution < -0.4 is 5.01 Å². The van der Waals surface area contributed by atoms with Gasteiger partial charge in [-0.15, -0.1) is 0 Å². The maximum Gasteiger partial charge on any atom is 0.301 e. The highest BCUT2D eigenvalue weighted by Gasteiger charge is 2.25. The van der Waals surface area contributed by atoms with Gasteiger partial charge in [0.05, 0.1) is 22.0 Å². The van der Waals surface area contributed by atoms with Gasteiger partial charge < -0.3 is 0 Å². The predicted molar refractivity (Wildman–Crippen MR) is 69.3 cm³/mol. The van der Waals surface area contributed by atoms with Crippen LogP contribution in [0.2, 0.25) is 0 Å². The summed E-state index contributed by atoms with van der Waals surface area (Å²) in [5.41, 5.74) is -0.433. The second kappa shape index (κ2) is 4.84. The first kappa shape index (κ1) is 12.7. The standard InChI is InChI=1S/C11H10N4O4/c1-8-3-2-6-12-13(8)10-5-4-9(14(16)17)7-11(10)15(18)19/h2-8H,1H3. The molecule has 0 spiro atoms. The fourth-order valence-electron chi connectivity index (χ4n) is 1.75. The Morgan fingerprint density at radius 3 is 2.58 bits per heavy atom. The van der Waals surface area contributed by atoms with Gasteiger partial charge >= 0.3 is 5.69 Å². The highest BCUT2D eigenvalue weighted by Crippen LogP contribution is 2.33. The van der Waals surface area contributed by atoms with Crippen LogP contribution in [0, 0.1) is 20.2 Å². The van der Waals surface area contributed by atoms with E-state index >= 15 is 0 Å². The molecule has 8 nitrogen and oxygen atoms in total. The number of non-ortho nitro benzene ring substituents is 1. The first-order valence-corrected chi connectivity index (χ1v) is 5.43. The molecule has 0 radical (unpaired) electrons. The van der Waals surface area contributed by atoms with Crippen molar-refractivity contribution in [3.63, 3.8) is 0 Å². The topological polar surface area (TPSA) is 102 Å². The minimum absolute atomic E-state index is 0.162. The van der Waals surface area contributed by atoms with Gasteiger partial charge in [-0.3, -0.25) is 25.2 Å². The number of nitro benzene ring substituents is 2. The summed E-state index contributed by atoms with van der Waals surface area (Å²) in [6.07, 6.45) is 5.06. The van der Waals surface area contributed by atoms with Gasteiger partial charge in [0.25, 0.3) is 5.69 Å². The summed E-state index contributed by atoms with van der Waals surface area (Å²) in [5, 5.41) is 27.2. The first-order valence-electron chi connectivity index (χ1n) is 5.43. The van der Waals surface area contributed by atoms with Gasteiger partial charge in [-0.1, -0.05) is 6.08 Å². The van der Waals surface area contributed by atoms with Gasteiger partial charge in [0, 0.05) is 12.3 Å². The van der Waals surface area contributed by atoms with Gasteiger partial charge in [-0.05, 0) is 19.1 Å². The molecule has 1 aliphatic heterocycles. The van der Waals surface area contributed by atoms with E-state index in [-0.39, 0.29) is 23.1 Å². The monoisotopic (exact) mass is 262 g/mol. The maximum absolute atomic E-state index is 11.0. The molecule has 0 fully saturated rings. The van der Waals surface area contributed by atoms with Crippen LogP contribution in [0.3, 0.4) is 0 Å². The number of nitrogens with zero attached hydrogens (tertiary/aromatic N) is 4. The van der Waals surface area contributed by atoms with E-state index in [1.165, 1.54) is 23.4 Å². The summed E-state index contributed by atoms with van der Waals surface area (Å²) in [7, 11) is 0. The highest BCUT2D eigenvalue weighted by molar-refractivity contribution is 5.77. The molecular weight excluding hydrogens is 252 g/mol. The summed E-state index contributed by atoms with van der Waals surface area (Å²) in [4.78, 5) is 20.4. The normalized spacial score (nSPS) is 17.5. The Hall–Kier alpha value is -2.77. The molecule has 1 aliphatic rings. The Balaban J connectivity index is 2.51. The van der Waals surface area contributed by atoms with Crippen LogP contribution in [0.4, 0.5) is 17.1 Å². The third-order valence-corrected chi connectivity index (χ3v) is 2.67. The van der Waals surface area contributed by atoms with Crippen molar-refractivity contribution in [1.82, 2.24) is 0 Å². The average Bonchev–Trinajstić information content (AvgIpc) is 2.38. The van der Waals surface area contributed by atoms with Crippen LogP contribution in [0.1, 0.15) is 6.92 Å². The summed E-state index contributed by atoms with van der Waals surface area (Å²) in [5.74, 6) is 0. The number of benzene rings is 1. The lowest BCUT2D eigenvalue weighted by Gasteiger charge is -2.25. The van der Waals surface area contributed by atoms with E-state index in [0.717, 1.165) is 6.07 Å². The molecule has 0 aromatic heterocycles. The van der Waals surface area contributed by atoms with Crippen LogP contribution in [-0.4, -0.2) is 22.1 Å². The molecule has 0 bridgehead atoms. The fraction of sp³-hybridized carbons (Fsp3) is 0.182. The molecule has 0 saturated carbocycles. The van der Waals surface area contributed by atoms with Crippen molar-refractivity contribution in [2.24, 2.45) is 5.10 Å². The van der Waals surface area contributed by atoms with E-state index in [9.17, 15) is 20.2 Å². The van der Waals surface area contributed by atoms with Crippen molar-refractivity contribution in [2.45, 2.75) is 13.0 Å². The second-order valence-corrected chi connectivity index (χ2v) is 3.92. The molecule has 19 heavy (non-hydrogen) atoms. The van der Waals surface area contributed by atoms with Crippen molar-refractivity contribution < 1.29 is 9.85 Å². The van der Waals surface area contributed by atoms with Crippen LogP contribution in [0.15, 0.2) is 35.5 Å². The summed E-state index contributed by atoms with van der Waals surface area (Å²) in [6.45, 7) is 1.82. The van der Waals surface area contributed by atoms with E-state index in [0.29, 0.717) is 0 Å². The van der Waals surface area contributed by atoms with Gasteiger partial charge in [0.1, 0.15) is 5.69 Å². The lowest BCUT2D eigenvalue weighted by molar-refractivity contribution is -0.393. The molecule has 0 amide bonds. The van der Waals surface area contributed by atoms with Crippen molar-refractivity contribution in [2.75, 3.05) is 5.01 Å². The molecular formula is C11H10N4O4. The quantitative estimate of drug-likeness (QED) is 0.614. The van der Waals surface area contributed by atoms with Gasteiger partial charge in [0.15, 0.2) is 0 Å². The summed E-state index contributed by atoms with van der Waals surface area (Å²) < 4.78 is 0. The molecule has 0 N–H and O–H groups in total. The minimum Gasteiger partial charge on any atom is -0.258 e. The largest absolute Gasteiger partial charge is 0.301 e. The van der Waals surface area contributed by atoms with Crippen LogP contribution in [-0.2, 0) is 0 Å². The third-order valence-electron chi connectivity index (χ3n) is 2.67. The zero-order valence-electron chi connectivity index (χ0n) is 9.96. The molecule has 1 heterocycles. The summed E-state index contributed by atoms with van der Waals surface area (Å²) in [6, 6.07) is 3.34. The number of nitro groups is 2. The van der Waals surface area contributed by atoms with Crippen molar-refractivity contribution in [1.29, 1.82) is 0 Å². The Morgan fingerprint density at radius 1 is 1.26 bits per heavy atom. The zero-order chi connectivity index (χ0) is 14.0. The van der Waals surface area contributed by atoms with E-state index < -0.39 is 9.85 Å². The molecule has 1 aromatic carbocycles. The van der Waals surface area contributed by atoms with Crippen LogP contribution >= 0.6 is 0 Å². The smallest absolute Gasteiger partial charge is 0.258 e. The molecule has 0 aliphatic carbocycles. The molecule has 1 atom stereocenters. The highest BCUT2D eigenvalue weighted by atomic mass is 16.6. The minimum atomic E-state index is -0.667. The predicted octanol–water partition coefficient (Wildman–Crippen LogP) is 2.25. The van der Waals surface area contributed by atoms with E-state index in [1.807, 2.05) is 13.0 Å². The van der Waals surface area contributed by atoms with Crippen LogP contribution in [0.25, 0.3) is 0 Å². The number of rotatable bonds is 3. The third kappa shape index (κ3) is 2.41. The number of hydrogen-bond donors (Lipinski definition) is 0. The Morgan fingerprint density at radius 2 is 2.00 bits per heavy atom. The van der Waals surface area contributed by atoms with Crippen molar-refractivity contribution >= 4 is 23.3 Å². The number of hydrogen-bond acceptors (Lipinski definition) is 6. The van der Waals surface area contributed by atoms with E-state index in [2.05, 4.69) is 5.10 Å². The molecule has 1 aromatic rings. The lowest BCUT2D eigenvalue weighted by atomic mass is 10.2. The lowest BCUT2D eigenvalue weighted by Crippen LogP contribution is -2.28. The molecule has 0 saturated heterocycles. The first-order chi connectivity index (χ1) is 9.00. The van der Waals surface area contributed by atoms with Crippen molar-refractivity contribution in [3.8, 4) is 0 Å².